The highest BCUT2D eigenvalue weighted by Gasteiger charge is 2.51. The third-order valence-electron chi connectivity index (χ3n) is 4.68. The normalized spacial score (nSPS) is 16.9. The molecule has 1 fully saturated rings. The highest BCUT2D eigenvalue weighted by molar-refractivity contribution is 5.91. The van der Waals surface area contributed by atoms with Gasteiger partial charge in [0, 0.05) is 6.54 Å². The van der Waals surface area contributed by atoms with E-state index in [-0.39, 0.29) is 12.7 Å². The van der Waals surface area contributed by atoms with Crippen LogP contribution in [-0.2, 0) is 16.8 Å². The van der Waals surface area contributed by atoms with Crippen LogP contribution in [0.3, 0.4) is 0 Å². The predicted molar refractivity (Wildman–Crippen MR) is 86.5 cm³/mol. The summed E-state index contributed by atoms with van der Waals surface area (Å²) in [6.45, 7) is 2.87. The molecule has 1 aliphatic carbocycles. The van der Waals surface area contributed by atoms with Crippen LogP contribution in [0.25, 0.3) is 0 Å². The number of hydrogen-bond acceptors (Lipinski definition) is 3. The van der Waals surface area contributed by atoms with Crippen LogP contribution in [0.4, 0.5) is 0 Å². The zero-order valence-electron chi connectivity index (χ0n) is 13.1. The number of ether oxygens (including phenoxy) is 2. The minimum absolute atomic E-state index is 0.0944. The molecule has 1 N–H and O–H groups in total. The summed E-state index contributed by atoms with van der Waals surface area (Å²) in [4.78, 5) is 12.7. The zero-order chi connectivity index (χ0) is 15.9. The van der Waals surface area contributed by atoms with Crippen LogP contribution in [0.15, 0.2) is 42.5 Å². The number of nitrogens with one attached hydrogen (secondary N) is 1. The summed E-state index contributed by atoms with van der Waals surface area (Å²) >= 11 is 0. The third-order valence-corrected chi connectivity index (χ3v) is 4.68. The molecular weight excluding hydrogens is 290 g/mol. The summed E-state index contributed by atoms with van der Waals surface area (Å²) in [6.07, 6.45) is 1.76. The monoisotopic (exact) mass is 309 g/mol. The summed E-state index contributed by atoms with van der Waals surface area (Å²) in [5.41, 5.74) is 2.96. The standard InChI is InChI=1S/C19H19NO3/c1-13-2-4-14(5-3-13)11-20-18(21)19(8-9-19)15-6-7-16-17(10-15)23-12-22-16/h2-7,10H,8-9,11-12H2,1H3,(H,20,21). The fourth-order valence-corrected chi connectivity index (χ4v) is 3.02. The van der Waals surface area contributed by atoms with Gasteiger partial charge in [-0.1, -0.05) is 35.9 Å². The Bertz CT molecular complexity index is 748. The van der Waals surface area contributed by atoms with Gasteiger partial charge in [-0.25, -0.2) is 0 Å². The second-order valence-corrected chi connectivity index (χ2v) is 6.32. The van der Waals surface area contributed by atoms with Gasteiger partial charge in [0.1, 0.15) is 0 Å². The maximum atomic E-state index is 12.7. The van der Waals surface area contributed by atoms with E-state index in [0.29, 0.717) is 6.54 Å². The van der Waals surface area contributed by atoms with Crippen molar-refractivity contribution in [3.05, 3.63) is 59.2 Å². The number of amides is 1. The number of benzene rings is 2. The van der Waals surface area contributed by atoms with E-state index in [4.69, 9.17) is 9.47 Å². The molecule has 0 aromatic heterocycles. The van der Waals surface area contributed by atoms with E-state index in [2.05, 4.69) is 36.5 Å². The number of rotatable bonds is 4. The molecule has 1 aliphatic heterocycles. The quantitative estimate of drug-likeness (QED) is 0.944. The molecule has 118 valence electrons. The van der Waals surface area contributed by atoms with E-state index in [1.54, 1.807) is 0 Å². The molecule has 1 amide bonds. The molecule has 4 nitrogen and oxygen atoms in total. The summed E-state index contributed by atoms with van der Waals surface area (Å²) in [6, 6.07) is 14.0. The Morgan fingerprint density at radius 3 is 2.57 bits per heavy atom. The van der Waals surface area contributed by atoms with E-state index < -0.39 is 5.41 Å². The van der Waals surface area contributed by atoms with Crippen molar-refractivity contribution in [2.24, 2.45) is 0 Å². The maximum absolute atomic E-state index is 12.7. The number of carbonyl (C=O) groups is 1. The van der Waals surface area contributed by atoms with Crippen molar-refractivity contribution in [2.45, 2.75) is 31.7 Å². The lowest BCUT2D eigenvalue weighted by atomic mass is 9.94. The molecule has 0 spiro atoms. The fraction of sp³-hybridized carbons (Fsp3) is 0.316. The smallest absolute Gasteiger partial charge is 0.231 e. The summed E-state index contributed by atoms with van der Waals surface area (Å²) in [5.74, 6) is 1.58. The largest absolute Gasteiger partial charge is 0.454 e. The molecule has 2 aromatic rings. The number of fused-ring (bicyclic) bond motifs is 1. The molecule has 2 aliphatic rings. The van der Waals surface area contributed by atoms with Gasteiger partial charge in [0.2, 0.25) is 12.7 Å². The molecule has 1 heterocycles. The summed E-state index contributed by atoms with van der Waals surface area (Å²) in [5, 5.41) is 3.08. The molecule has 0 unspecified atom stereocenters. The fourth-order valence-electron chi connectivity index (χ4n) is 3.02. The van der Waals surface area contributed by atoms with E-state index >= 15 is 0 Å². The average molecular weight is 309 g/mol. The molecule has 1 saturated carbocycles. The molecule has 2 aromatic carbocycles. The van der Waals surface area contributed by atoms with Crippen molar-refractivity contribution < 1.29 is 14.3 Å². The molecule has 0 saturated heterocycles. The highest BCUT2D eigenvalue weighted by atomic mass is 16.7. The lowest BCUT2D eigenvalue weighted by Crippen LogP contribution is -2.34. The molecule has 0 bridgehead atoms. The lowest BCUT2D eigenvalue weighted by Gasteiger charge is -2.16. The lowest BCUT2D eigenvalue weighted by molar-refractivity contribution is -0.123. The van der Waals surface area contributed by atoms with Crippen molar-refractivity contribution in [3.8, 4) is 11.5 Å². The van der Waals surface area contributed by atoms with Crippen LogP contribution in [0.2, 0.25) is 0 Å². The van der Waals surface area contributed by atoms with Crippen LogP contribution < -0.4 is 14.8 Å². The molecule has 4 heteroatoms. The Hall–Kier alpha value is -2.49. The van der Waals surface area contributed by atoms with Crippen LogP contribution in [0.1, 0.15) is 29.5 Å². The van der Waals surface area contributed by atoms with Gasteiger partial charge in [0.15, 0.2) is 11.5 Å². The van der Waals surface area contributed by atoms with Crippen LogP contribution in [-0.4, -0.2) is 12.7 Å². The van der Waals surface area contributed by atoms with Crippen LogP contribution >= 0.6 is 0 Å². The molecule has 23 heavy (non-hydrogen) atoms. The summed E-state index contributed by atoms with van der Waals surface area (Å²) in [7, 11) is 0. The Balaban J connectivity index is 1.48. The van der Waals surface area contributed by atoms with Crippen LogP contribution in [0, 0.1) is 6.92 Å². The Morgan fingerprint density at radius 1 is 1.09 bits per heavy atom. The number of aryl methyl sites for hydroxylation is 1. The molecule has 4 rings (SSSR count). The second kappa shape index (κ2) is 5.30. The van der Waals surface area contributed by atoms with Gasteiger partial charge in [0.25, 0.3) is 0 Å². The molecule has 0 atom stereocenters. The zero-order valence-corrected chi connectivity index (χ0v) is 13.1. The van der Waals surface area contributed by atoms with Gasteiger partial charge in [0.05, 0.1) is 5.41 Å². The number of hydrogen-bond donors (Lipinski definition) is 1. The highest BCUT2D eigenvalue weighted by Crippen LogP contribution is 2.50. The first-order chi connectivity index (χ1) is 11.2. The van der Waals surface area contributed by atoms with E-state index in [1.807, 2.05) is 18.2 Å². The van der Waals surface area contributed by atoms with Gasteiger partial charge < -0.3 is 14.8 Å². The van der Waals surface area contributed by atoms with Crippen LogP contribution in [0.5, 0.6) is 11.5 Å². The van der Waals surface area contributed by atoms with E-state index in [9.17, 15) is 4.79 Å². The summed E-state index contributed by atoms with van der Waals surface area (Å²) < 4.78 is 10.8. The van der Waals surface area contributed by atoms with Gasteiger partial charge in [-0.2, -0.15) is 0 Å². The second-order valence-electron chi connectivity index (χ2n) is 6.32. The topological polar surface area (TPSA) is 47.6 Å². The third kappa shape index (κ3) is 2.54. The van der Waals surface area contributed by atoms with Crippen molar-refractivity contribution in [3.63, 3.8) is 0 Å². The van der Waals surface area contributed by atoms with E-state index in [0.717, 1.165) is 35.5 Å². The van der Waals surface area contributed by atoms with Gasteiger partial charge in [-0.15, -0.1) is 0 Å². The molecular formula is C19H19NO3. The van der Waals surface area contributed by atoms with Gasteiger partial charge in [-0.3, -0.25) is 4.79 Å². The Kier molecular flexibility index (Phi) is 3.26. The first-order valence-electron chi connectivity index (χ1n) is 7.91. The Labute approximate surface area is 135 Å². The van der Waals surface area contributed by atoms with Crippen molar-refractivity contribution in [1.29, 1.82) is 0 Å². The van der Waals surface area contributed by atoms with Gasteiger partial charge in [-0.05, 0) is 43.0 Å². The Morgan fingerprint density at radius 2 is 1.83 bits per heavy atom. The van der Waals surface area contributed by atoms with E-state index in [1.165, 1.54) is 5.56 Å². The van der Waals surface area contributed by atoms with Crippen molar-refractivity contribution in [2.75, 3.05) is 6.79 Å². The minimum Gasteiger partial charge on any atom is -0.454 e. The van der Waals surface area contributed by atoms with Crippen molar-refractivity contribution >= 4 is 5.91 Å². The number of carbonyl (C=O) groups excluding carboxylic acids is 1. The minimum atomic E-state index is -0.397. The molecule has 0 radical (unpaired) electrons. The SMILES string of the molecule is Cc1ccc(CNC(=O)C2(c3ccc4c(c3)OCO4)CC2)cc1. The maximum Gasteiger partial charge on any atom is 0.231 e. The first kappa shape index (κ1) is 14.1. The first-order valence-corrected chi connectivity index (χ1v) is 7.91. The predicted octanol–water partition coefficient (Wildman–Crippen LogP) is 3.07. The van der Waals surface area contributed by atoms with Gasteiger partial charge >= 0.3 is 0 Å². The average Bonchev–Trinajstić information content (AvgIpc) is 3.25. The van der Waals surface area contributed by atoms with Crippen molar-refractivity contribution in [1.82, 2.24) is 5.32 Å².